The molecule has 0 atom stereocenters. The van der Waals surface area contributed by atoms with Crippen molar-refractivity contribution in [3.05, 3.63) is 70.7 Å². The summed E-state index contributed by atoms with van der Waals surface area (Å²) in [6.07, 6.45) is 0. The molecule has 0 saturated carbocycles. The van der Waals surface area contributed by atoms with E-state index in [0.29, 0.717) is 17.1 Å². The maximum Gasteiger partial charge on any atom is 0.253 e. The minimum atomic E-state index is -0.350. The maximum absolute atomic E-state index is 12.5. The normalized spacial score (nSPS) is 10.5. The Morgan fingerprint density at radius 3 is 2.29 bits per heavy atom. The highest BCUT2D eigenvalue weighted by molar-refractivity contribution is 6.33. The van der Waals surface area contributed by atoms with Crippen LogP contribution in [0.5, 0.6) is 0 Å². The van der Waals surface area contributed by atoms with E-state index >= 15 is 0 Å². The molecular formula is C19H21ClN2O2. The molecule has 0 aromatic heterocycles. The van der Waals surface area contributed by atoms with Gasteiger partial charge in [0.05, 0.1) is 17.1 Å². The first-order valence-corrected chi connectivity index (χ1v) is 8.23. The second-order valence-corrected chi connectivity index (χ2v) is 6.17. The first-order valence-electron chi connectivity index (χ1n) is 7.85. The largest absolute Gasteiger partial charge is 0.343 e. The van der Waals surface area contributed by atoms with E-state index in [1.54, 1.807) is 29.2 Å². The van der Waals surface area contributed by atoms with Crippen molar-refractivity contribution in [3.63, 3.8) is 0 Å². The van der Waals surface area contributed by atoms with Gasteiger partial charge in [0.15, 0.2) is 0 Å². The van der Waals surface area contributed by atoms with Crippen LogP contribution in [0, 0.1) is 0 Å². The van der Waals surface area contributed by atoms with Gasteiger partial charge >= 0.3 is 0 Å². The van der Waals surface area contributed by atoms with Crippen LogP contribution in [0.3, 0.4) is 0 Å². The number of nitrogens with zero attached hydrogens (tertiary/aromatic N) is 1. The molecule has 0 bridgehead atoms. The molecule has 2 rings (SSSR count). The highest BCUT2D eigenvalue weighted by Crippen LogP contribution is 2.14. The number of hydrogen-bond acceptors (Lipinski definition) is 2. The van der Waals surface area contributed by atoms with Gasteiger partial charge in [-0.1, -0.05) is 54.1 Å². The van der Waals surface area contributed by atoms with Gasteiger partial charge in [-0.05, 0) is 31.5 Å². The minimum Gasteiger partial charge on any atom is -0.343 e. The Bertz CT molecular complexity index is 702. The van der Waals surface area contributed by atoms with E-state index in [2.05, 4.69) is 5.32 Å². The number of carbonyl (C=O) groups excluding carboxylic acids is 2. The summed E-state index contributed by atoms with van der Waals surface area (Å²) in [5.74, 6) is -0.480. The number of rotatable bonds is 6. The third-order valence-corrected chi connectivity index (χ3v) is 3.99. The van der Waals surface area contributed by atoms with Crippen molar-refractivity contribution in [3.8, 4) is 0 Å². The van der Waals surface area contributed by atoms with Gasteiger partial charge in [0.25, 0.3) is 5.91 Å². The molecule has 0 fully saturated rings. The number of benzene rings is 2. The Morgan fingerprint density at radius 1 is 1.04 bits per heavy atom. The summed E-state index contributed by atoms with van der Waals surface area (Å²) in [4.78, 5) is 26.4. The Labute approximate surface area is 147 Å². The molecule has 1 N–H and O–H groups in total. The summed E-state index contributed by atoms with van der Waals surface area (Å²) >= 11 is 6.00. The van der Waals surface area contributed by atoms with Crippen LogP contribution in [0.1, 0.15) is 29.8 Å². The quantitative estimate of drug-likeness (QED) is 0.871. The molecule has 2 aromatic rings. The van der Waals surface area contributed by atoms with Crippen LogP contribution in [0.4, 0.5) is 0 Å². The monoisotopic (exact) mass is 344 g/mol. The van der Waals surface area contributed by atoms with Crippen LogP contribution < -0.4 is 5.32 Å². The molecule has 0 unspecified atom stereocenters. The van der Waals surface area contributed by atoms with Crippen LogP contribution in [-0.2, 0) is 11.3 Å². The lowest BCUT2D eigenvalue weighted by Crippen LogP contribution is -2.43. The number of amides is 2. The Balaban J connectivity index is 1.98. The molecular weight excluding hydrogens is 324 g/mol. The minimum absolute atomic E-state index is 0.0370. The van der Waals surface area contributed by atoms with Gasteiger partial charge in [-0.25, -0.2) is 0 Å². The van der Waals surface area contributed by atoms with Gasteiger partial charge in [-0.15, -0.1) is 0 Å². The molecule has 126 valence electrons. The summed E-state index contributed by atoms with van der Waals surface area (Å²) < 4.78 is 0. The van der Waals surface area contributed by atoms with Crippen LogP contribution in [-0.4, -0.2) is 29.3 Å². The van der Waals surface area contributed by atoms with Crippen LogP contribution in [0.2, 0.25) is 5.02 Å². The zero-order valence-corrected chi connectivity index (χ0v) is 14.6. The lowest BCUT2D eigenvalue weighted by atomic mass is 10.2. The molecule has 2 aromatic carbocycles. The molecule has 0 aliphatic heterocycles. The van der Waals surface area contributed by atoms with E-state index in [0.717, 1.165) is 5.56 Å². The van der Waals surface area contributed by atoms with Gasteiger partial charge in [0, 0.05) is 12.6 Å². The Kier molecular flexibility index (Phi) is 6.38. The predicted octanol–water partition coefficient (Wildman–Crippen LogP) is 3.51. The molecule has 24 heavy (non-hydrogen) atoms. The second kappa shape index (κ2) is 8.50. The van der Waals surface area contributed by atoms with E-state index in [-0.39, 0.29) is 24.4 Å². The molecule has 0 heterocycles. The van der Waals surface area contributed by atoms with Crippen LogP contribution >= 0.6 is 11.6 Å². The van der Waals surface area contributed by atoms with Crippen molar-refractivity contribution in [2.45, 2.75) is 26.4 Å². The van der Waals surface area contributed by atoms with Crippen LogP contribution in [0.25, 0.3) is 0 Å². The highest BCUT2D eigenvalue weighted by Gasteiger charge is 2.18. The summed E-state index contributed by atoms with van der Waals surface area (Å²) in [6, 6.07) is 16.6. The summed E-state index contributed by atoms with van der Waals surface area (Å²) in [7, 11) is 0. The smallest absolute Gasteiger partial charge is 0.253 e. The van der Waals surface area contributed by atoms with Crippen molar-refractivity contribution in [1.29, 1.82) is 0 Å². The average Bonchev–Trinajstić information content (AvgIpc) is 2.58. The third-order valence-electron chi connectivity index (χ3n) is 3.66. The Hall–Kier alpha value is -2.33. The summed E-state index contributed by atoms with van der Waals surface area (Å²) in [5.41, 5.74) is 1.42. The third kappa shape index (κ3) is 4.83. The number of hydrogen-bond donors (Lipinski definition) is 1. The molecule has 0 saturated heterocycles. The van der Waals surface area contributed by atoms with E-state index in [9.17, 15) is 9.59 Å². The van der Waals surface area contributed by atoms with E-state index in [1.165, 1.54) is 0 Å². The zero-order chi connectivity index (χ0) is 17.5. The molecule has 0 aliphatic carbocycles. The van der Waals surface area contributed by atoms with Gasteiger partial charge in [-0.3, -0.25) is 9.59 Å². The number of halogens is 1. The van der Waals surface area contributed by atoms with E-state index in [1.807, 2.05) is 44.2 Å². The number of nitrogens with one attached hydrogen (secondary N) is 1. The van der Waals surface area contributed by atoms with Gasteiger partial charge < -0.3 is 10.2 Å². The lowest BCUT2D eigenvalue weighted by Gasteiger charge is -2.27. The van der Waals surface area contributed by atoms with Gasteiger partial charge in [0.2, 0.25) is 5.91 Å². The SMILES string of the molecule is CC(C)N(Cc1ccccc1)C(=O)CNC(=O)c1ccccc1Cl. The maximum atomic E-state index is 12.5. The van der Waals surface area contributed by atoms with E-state index in [4.69, 9.17) is 11.6 Å². The first kappa shape index (κ1) is 18.0. The lowest BCUT2D eigenvalue weighted by molar-refractivity contribution is -0.132. The van der Waals surface area contributed by atoms with E-state index < -0.39 is 0 Å². The second-order valence-electron chi connectivity index (χ2n) is 5.76. The van der Waals surface area contributed by atoms with Crippen molar-refractivity contribution in [2.24, 2.45) is 0 Å². The fourth-order valence-electron chi connectivity index (χ4n) is 2.34. The summed E-state index contributed by atoms with van der Waals surface area (Å²) in [5, 5.41) is 3.01. The molecule has 2 amide bonds. The average molecular weight is 345 g/mol. The standard InChI is InChI=1S/C19H21ClN2O2/c1-14(2)22(13-15-8-4-3-5-9-15)18(23)12-21-19(24)16-10-6-7-11-17(16)20/h3-11,14H,12-13H2,1-2H3,(H,21,24). The fraction of sp³-hybridized carbons (Fsp3) is 0.263. The first-order chi connectivity index (χ1) is 11.5. The van der Waals surface area contributed by atoms with Gasteiger partial charge in [0.1, 0.15) is 0 Å². The Morgan fingerprint density at radius 2 is 1.67 bits per heavy atom. The number of carbonyl (C=O) groups is 2. The highest BCUT2D eigenvalue weighted by atomic mass is 35.5. The van der Waals surface area contributed by atoms with Crippen molar-refractivity contribution >= 4 is 23.4 Å². The van der Waals surface area contributed by atoms with Gasteiger partial charge in [-0.2, -0.15) is 0 Å². The topological polar surface area (TPSA) is 49.4 Å². The molecule has 0 aliphatic rings. The fourth-order valence-corrected chi connectivity index (χ4v) is 2.56. The van der Waals surface area contributed by atoms with Crippen molar-refractivity contribution in [2.75, 3.05) is 6.54 Å². The molecule has 0 spiro atoms. The molecule has 0 radical (unpaired) electrons. The van der Waals surface area contributed by atoms with Crippen molar-refractivity contribution < 1.29 is 9.59 Å². The van der Waals surface area contributed by atoms with Crippen LogP contribution in [0.15, 0.2) is 54.6 Å². The van der Waals surface area contributed by atoms with Crippen molar-refractivity contribution in [1.82, 2.24) is 10.2 Å². The molecule has 5 heteroatoms. The summed E-state index contributed by atoms with van der Waals surface area (Å²) in [6.45, 7) is 4.36. The predicted molar refractivity (Wildman–Crippen MR) is 95.9 cm³/mol. The zero-order valence-electron chi connectivity index (χ0n) is 13.8. The molecule has 4 nitrogen and oxygen atoms in total.